The molecule has 0 aliphatic carbocycles. The molecule has 5 nitrogen and oxygen atoms in total. The van der Waals surface area contributed by atoms with E-state index in [0.717, 1.165) is 0 Å². The van der Waals surface area contributed by atoms with Crippen LogP contribution in [0.2, 0.25) is 5.02 Å². The average molecular weight is 319 g/mol. The standard InChI is InChI=1S/C13H19ClN2O3S/c1-8-3-4-16(7-13(8)17)20(18,19)10-5-11(14)9(2)12(15)6-10/h5-6,8,13,17H,3-4,7,15H2,1-2H3. The number of rotatable bonds is 2. The van der Waals surface area contributed by atoms with Gasteiger partial charge in [0.2, 0.25) is 10.0 Å². The third-order valence-corrected chi connectivity index (χ3v) is 6.11. The molecule has 3 N–H and O–H groups in total. The molecule has 2 unspecified atom stereocenters. The molecule has 7 heteroatoms. The highest BCUT2D eigenvalue weighted by Gasteiger charge is 2.33. The second-order valence-corrected chi connectivity index (χ2v) is 7.66. The molecule has 0 bridgehead atoms. The molecule has 1 heterocycles. The van der Waals surface area contributed by atoms with Crippen molar-refractivity contribution in [3.05, 3.63) is 22.7 Å². The Morgan fingerprint density at radius 1 is 1.45 bits per heavy atom. The summed E-state index contributed by atoms with van der Waals surface area (Å²) < 4.78 is 26.4. The fraction of sp³-hybridized carbons (Fsp3) is 0.538. The third-order valence-electron chi connectivity index (χ3n) is 3.88. The lowest BCUT2D eigenvalue weighted by molar-refractivity contribution is 0.0605. The topological polar surface area (TPSA) is 83.6 Å². The van der Waals surface area contributed by atoms with Crippen LogP contribution in [0.1, 0.15) is 18.9 Å². The van der Waals surface area contributed by atoms with Crippen molar-refractivity contribution < 1.29 is 13.5 Å². The Labute approximate surface area is 124 Å². The zero-order chi connectivity index (χ0) is 15.1. The van der Waals surface area contributed by atoms with Gasteiger partial charge in [0.15, 0.2) is 0 Å². The van der Waals surface area contributed by atoms with Gasteiger partial charge in [-0.2, -0.15) is 4.31 Å². The van der Waals surface area contributed by atoms with Gasteiger partial charge in [-0.1, -0.05) is 18.5 Å². The number of nitrogens with two attached hydrogens (primary N) is 1. The molecular weight excluding hydrogens is 300 g/mol. The first-order valence-corrected chi connectivity index (χ1v) is 8.29. The SMILES string of the molecule is Cc1c(N)cc(S(=O)(=O)N2CCC(C)C(O)C2)cc1Cl. The summed E-state index contributed by atoms with van der Waals surface area (Å²) in [6.07, 6.45) is -0.00746. The van der Waals surface area contributed by atoms with E-state index in [9.17, 15) is 13.5 Å². The van der Waals surface area contributed by atoms with Crippen LogP contribution in [-0.2, 0) is 10.0 Å². The molecule has 1 aromatic rings. The van der Waals surface area contributed by atoms with Gasteiger partial charge < -0.3 is 10.8 Å². The minimum atomic E-state index is -3.67. The maximum atomic E-state index is 12.6. The molecule has 2 rings (SSSR count). The predicted molar refractivity (Wildman–Crippen MR) is 79.1 cm³/mol. The van der Waals surface area contributed by atoms with Gasteiger partial charge in [0.05, 0.1) is 11.0 Å². The summed E-state index contributed by atoms with van der Waals surface area (Å²) in [6, 6.07) is 2.83. The Bertz CT molecular complexity index is 595. The molecule has 1 saturated heterocycles. The molecule has 1 aliphatic rings. The molecule has 0 radical (unpaired) electrons. The normalized spacial score (nSPS) is 24.8. The Kier molecular flexibility index (Phi) is 4.30. The zero-order valence-electron chi connectivity index (χ0n) is 11.5. The molecule has 1 aromatic carbocycles. The minimum absolute atomic E-state index is 0.0763. The number of hydrogen-bond donors (Lipinski definition) is 2. The molecule has 1 aliphatic heterocycles. The lowest BCUT2D eigenvalue weighted by Gasteiger charge is -2.33. The second-order valence-electron chi connectivity index (χ2n) is 5.32. The van der Waals surface area contributed by atoms with Gasteiger partial charge in [-0.15, -0.1) is 0 Å². The van der Waals surface area contributed by atoms with Crippen LogP contribution in [0.15, 0.2) is 17.0 Å². The molecule has 0 amide bonds. The van der Waals surface area contributed by atoms with Crippen molar-refractivity contribution in [2.24, 2.45) is 5.92 Å². The minimum Gasteiger partial charge on any atom is -0.398 e. The maximum Gasteiger partial charge on any atom is 0.243 e. The fourth-order valence-corrected chi connectivity index (χ4v) is 4.04. The van der Waals surface area contributed by atoms with Gasteiger partial charge in [0.1, 0.15) is 0 Å². The van der Waals surface area contributed by atoms with E-state index in [0.29, 0.717) is 29.2 Å². The van der Waals surface area contributed by atoms with Crippen LogP contribution in [-0.4, -0.2) is 37.0 Å². The highest BCUT2D eigenvalue weighted by molar-refractivity contribution is 7.89. The molecule has 0 spiro atoms. The lowest BCUT2D eigenvalue weighted by Crippen LogP contribution is -2.45. The monoisotopic (exact) mass is 318 g/mol. The van der Waals surface area contributed by atoms with E-state index in [1.165, 1.54) is 16.4 Å². The number of aliphatic hydroxyl groups is 1. The van der Waals surface area contributed by atoms with Crippen molar-refractivity contribution in [2.45, 2.75) is 31.3 Å². The van der Waals surface area contributed by atoms with Crippen molar-refractivity contribution in [3.63, 3.8) is 0 Å². The number of nitrogens with zero attached hydrogens (tertiary/aromatic N) is 1. The average Bonchev–Trinajstić information content (AvgIpc) is 2.38. The van der Waals surface area contributed by atoms with Crippen molar-refractivity contribution in [3.8, 4) is 0 Å². The molecule has 2 atom stereocenters. The van der Waals surface area contributed by atoms with E-state index < -0.39 is 16.1 Å². The van der Waals surface area contributed by atoms with Crippen LogP contribution in [0.4, 0.5) is 5.69 Å². The largest absolute Gasteiger partial charge is 0.398 e. The number of piperidine rings is 1. The first kappa shape index (κ1) is 15.6. The first-order chi connectivity index (χ1) is 9.23. The lowest BCUT2D eigenvalue weighted by atomic mass is 9.98. The summed E-state index contributed by atoms with van der Waals surface area (Å²) in [5.41, 5.74) is 6.79. The summed E-state index contributed by atoms with van der Waals surface area (Å²) in [5, 5.41) is 10.2. The highest BCUT2D eigenvalue weighted by Crippen LogP contribution is 2.29. The molecule has 112 valence electrons. The number of hydrogen-bond acceptors (Lipinski definition) is 4. The molecule has 0 aromatic heterocycles. The number of β-amino-alcohol motifs (C(OH)–C–C–N with tert-alkyl or cyclic N) is 1. The van der Waals surface area contributed by atoms with Crippen molar-refractivity contribution in [2.75, 3.05) is 18.8 Å². The van der Waals surface area contributed by atoms with Crippen LogP contribution in [0.3, 0.4) is 0 Å². The number of aliphatic hydroxyl groups excluding tert-OH is 1. The van der Waals surface area contributed by atoms with Gasteiger partial charge >= 0.3 is 0 Å². The van der Waals surface area contributed by atoms with Gasteiger partial charge in [-0.25, -0.2) is 8.42 Å². The smallest absolute Gasteiger partial charge is 0.243 e. The molecule has 1 fully saturated rings. The van der Waals surface area contributed by atoms with Crippen LogP contribution in [0.25, 0.3) is 0 Å². The zero-order valence-corrected chi connectivity index (χ0v) is 13.1. The van der Waals surface area contributed by atoms with E-state index in [-0.39, 0.29) is 17.4 Å². The molecule has 20 heavy (non-hydrogen) atoms. The molecule has 0 saturated carbocycles. The van der Waals surface area contributed by atoms with E-state index in [4.69, 9.17) is 17.3 Å². The number of anilines is 1. The van der Waals surface area contributed by atoms with Gasteiger partial charge in [0.25, 0.3) is 0 Å². The Morgan fingerprint density at radius 2 is 2.10 bits per heavy atom. The predicted octanol–water partition coefficient (Wildman–Crippen LogP) is 1.62. The van der Waals surface area contributed by atoms with Crippen molar-refractivity contribution in [1.82, 2.24) is 4.31 Å². The number of benzene rings is 1. The van der Waals surface area contributed by atoms with Gasteiger partial charge in [-0.05, 0) is 37.0 Å². The number of halogens is 1. The van der Waals surface area contributed by atoms with Crippen LogP contribution >= 0.6 is 11.6 Å². The van der Waals surface area contributed by atoms with Crippen LogP contribution in [0, 0.1) is 12.8 Å². The van der Waals surface area contributed by atoms with E-state index >= 15 is 0 Å². The fourth-order valence-electron chi connectivity index (χ4n) is 2.21. The third kappa shape index (κ3) is 2.79. The van der Waals surface area contributed by atoms with Crippen LogP contribution < -0.4 is 5.73 Å². The van der Waals surface area contributed by atoms with Gasteiger partial charge in [0, 0.05) is 23.8 Å². The highest BCUT2D eigenvalue weighted by atomic mass is 35.5. The van der Waals surface area contributed by atoms with Gasteiger partial charge in [-0.3, -0.25) is 0 Å². The van der Waals surface area contributed by atoms with E-state index in [1.807, 2.05) is 6.92 Å². The van der Waals surface area contributed by atoms with E-state index in [2.05, 4.69) is 0 Å². The molecular formula is C13H19ClN2O3S. The Balaban J connectivity index is 2.36. The Hall–Kier alpha value is -0.820. The number of sulfonamides is 1. The van der Waals surface area contributed by atoms with Crippen LogP contribution in [0.5, 0.6) is 0 Å². The Morgan fingerprint density at radius 3 is 2.65 bits per heavy atom. The number of nitrogen functional groups attached to an aromatic ring is 1. The van der Waals surface area contributed by atoms with Crippen molar-refractivity contribution in [1.29, 1.82) is 0 Å². The van der Waals surface area contributed by atoms with Crippen molar-refractivity contribution >= 4 is 27.3 Å². The quantitative estimate of drug-likeness (QED) is 0.812. The summed E-state index contributed by atoms with van der Waals surface area (Å²) in [4.78, 5) is 0.0763. The summed E-state index contributed by atoms with van der Waals surface area (Å²) in [6.45, 7) is 4.15. The summed E-state index contributed by atoms with van der Waals surface area (Å²) >= 11 is 6.00. The maximum absolute atomic E-state index is 12.6. The summed E-state index contributed by atoms with van der Waals surface area (Å²) in [5.74, 6) is 0.105. The second kappa shape index (κ2) is 5.52. The first-order valence-electron chi connectivity index (χ1n) is 6.47. The van der Waals surface area contributed by atoms with E-state index in [1.54, 1.807) is 6.92 Å². The summed E-state index contributed by atoms with van der Waals surface area (Å²) in [7, 11) is -3.67.